The van der Waals surface area contributed by atoms with E-state index in [2.05, 4.69) is 55.3 Å². The van der Waals surface area contributed by atoms with Crippen LogP contribution in [0.5, 0.6) is 0 Å². The predicted molar refractivity (Wildman–Crippen MR) is 87.6 cm³/mol. The van der Waals surface area contributed by atoms with Crippen LogP contribution in [-0.2, 0) is 13.5 Å². The minimum Gasteiger partial charge on any atom is -0.394 e. The molecule has 2 aromatic rings. The molecule has 20 heavy (non-hydrogen) atoms. The molecule has 0 bridgehead atoms. The Kier molecular flexibility index (Phi) is 4.38. The Labute approximate surface area is 125 Å². The SMILES string of the molecule is CC(C)c1nn(C)c(N(C)C(C)Cc2cccs2)c1N. The zero-order valence-corrected chi connectivity index (χ0v) is 13.7. The van der Waals surface area contributed by atoms with Crippen molar-refractivity contribution in [2.45, 2.75) is 39.2 Å². The molecule has 0 aliphatic carbocycles. The lowest BCUT2D eigenvalue weighted by atomic mass is 10.1. The molecule has 2 rings (SSSR count). The highest BCUT2D eigenvalue weighted by Crippen LogP contribution is 2.31. The topological polar surface area (TPSA) is 47.1 Å². The third-order valence-corrected chi connectivity index (χ3v) is 4.60. The maximum atomic E-state index is 6.29. The van der Waals surface area contributed by atoms with Crippen LogP contribution in [0.15, 0.2) is 17.5 Å². The van der Waals surface area contributed by atoms with Gasteiger partial charge in [0.1, 0.15) is 5.82 Å². The first kappa shape index (κ1) is 14.9. The average Bonchev–Trinajstić information content (AvgIpc) is 2.97. The highest BCUT2D eigenvalue weighted by molar-refractivity contribution is 7.09. The fourth-order valence-corrected chi connectivity index (χ4v) is 3.29. The predicted octanol–water partition coefficient (Wildman–Crippen LogP) is 3.25. The first-order valence-corrected chi connectivity index (χ1v) is 7.87. The Morgan fingerprint density at radius 1 is 1.40 bits per heavy atom. The van der Waals surface area contributed by atoms with E-state index >= 15 is 0 Å². The Bertz CT molecular complexity index is 557. The molecule has 1 atom stereocenters. The van der Waals surface area contributed by atoms with Crippen LogP contribution in [0.1, 0.15) is 37.3 Å². The molecular weight excluding hydrogens is 268 g/mol. The van der Waals surface area contributed by atoms with E-state index in [1.165, 1.54) is 4.88 Å². The van der Waals surface area contributed by atoms with E-state index in [1.807, 2.05) is 11.7 Å². The van der Waals surface area contributed by atoms with Crippen LogP contribution in [0.4, 0.5) is 11.5 Å². The van der Waals surface area contributed by atoms with Gasteiger partial charge in [0.25, 0.3) is 0 Å². The van der Waals surface area contributed by atoms with Crippen molar-refractivity contribution >= 4 is 22.8 Å². The van der Waals surface area contributed by atoms with Gasteiger partial charge >= 0.3 is 0 Å². The monoisotopic (exact) mass is 292 g/mol. The van der Waals surface area contributed by atoms with Crippen LogP contribution in [0, 0.1) is 0 Å². The molecule has 1 unspecified atom stereocenters. The van der Waals surface area contributed by atoms with Gasteiger partial charge in [-0.1, -0.05) is 19.9 Å². The molecule has 0 saturated heterocycles. The maximum absolute atomic E-state index is 6.29. The minimum absolute atomic E-state index is 0.343. The third-order valence-electron chi connectivity index (χ3n) is 3.70. The quantitative estimate of drug-likeness (QED) is 0.920. The van der Waals surface area contributed by atoms with Crippen molar-refractivity contribution in [2.24, 2.45) is 7.05 Å². The molecule has 2 heterocycles. The van der Waals surface area contributed by atoms with E-state index in [1.54, 1.807) is 11.3 Å². The number of thiophene rings is 1. The summed E-state index contributed by atoms with van der Waals surface area (Å²) in [5.74, 6) is 1.36. The molecule has 0 fully saturated rings. The van der Waals surface area contributed by atoms with Gasteiger partial charge < -0.3 is 10.6 Å². The number of anilines is 2. The Morgan fingerprint density at radius 3 is 2.60 bits per heavy atom. The van der Waals surface area contributed by atoms with Crippen molar-refractivity contribution in [3.63, 3.8) is 0 Å². The second-order valence-electron chi connectivity index (χ2n) is 5.64. The highest BCUT2D eigenvalue weighted by atomic mass is 32.1. The number of aromatic nitrogens is 2. The fraction of sp³-hybridized carbons (Fsp3) is 0.533. The van der Waals surface area contributed by atoms with Gasteiger partial charge in [-0.2, -0.15) is 5.10 Å². The number of aryl methyl sites for hydroxylation is 1. The summed E-state index contributed by atoms with van der Waals surface area (Å²) in [6.07, 6.45) is 1.02. The molecule has 0 radical (unpaired) electrons. The van der Waals surface area contributed by atoms with Crippen molar-refractivity contribution in [3.05, 3.63) is 28.1 Å². The summed E-state index contributed by atoms with van der Waals surface area (Å²) in [7, 11) is 4.06. The first-order valence-electron chi connectivity index (χ1n) is 6.99. The van der Waals surface area contributed by atoms with Crippen LogP contribution < -0.4 is 10.6 Å². The summed E-state index contributed by atoms with van der Waals surface area (Å²) in [6.45, 7) is 6.47. The van der Waals surface area contributed by atoms with E-state index in [9.17, 15) is 0 Å². The normalized spacial score (nSPS) is 12.9. The average molecular weight is 292 g/mol. The summed E-state index contributed by atoms with van der Waals surface area (Å²) >= 11 is 1.80. The highest BCUT2D eigenvalue weighted by Gasteiger charge is 2.22. The lowest BCUT2D eigenvalue weighted by molar-refractivity contribution is 0.641. The second kappa shape index (κ2) is 5.87. The molecular formula is C15H24N4S. The van der Waals surface area contributed by atoms with Crippen LogP contribution >= 0.6 is 11.3 Å². The molecule has 0 saturated carbocycles. The van der Waals surface area contributed by atoms with Gasteiger partial charge in [0.15, 0.2) is 0 Å². The zero-order chi connectivity index (χ0) is 14.9. The van der Waals surface area contributed by atoms with E-state index < -0.39 is 0 Å². The molecule has 0 amide bonds. The summed E-state index contributed by atoms with van der Waals surface area (Å²) in [6, 6.07) is 4.66. The minimum atomic E-state index is 0.343. The van der Waals surface area contributed by atoms with Crippen molar-refractivity contribution < 1.29 is 0 Å². The Balaban J connectivity index is 2.22. The number of nitrogens with two attached hydrogens (primary N) is 1. The number of likely N-dealkylation sites (N-methyl/N-ethyl adjacent to an activating group) is 1. The molecule has 4 nitrogen and oxygen atoms in total. The molecule has 0 aromatic carbocycles. The second-order valence-corrected chi connectivity index (χ2v) is 6.68. The van der Waals surface area contributed by atoms with Crippen LogP contribution in [0.3, 0.4) is 0 Å². The van der Waals surface area contributed by atoms with Gasteiger partial charge in [-0.05, 0) is 24.3 Å². The Morgan fingerprint density at radius 2 is 2.10 bits per heavy atom. The molecule has 110 valence electrons. The van der Waals surface area contributed by atoms with Crippen molar-refractivity contribution in [1.29, 1.82) is 0 Å². The first-order chi connectivity index (χ1) is 9.41. The lowest BCUT2D eigenvalue weighted by Gasteiger charge is -2.27. The molecule has 5 heteroatoms. The molecule has 2 aromatic heterocycles. The molecule has 0 aliphatic rings. The zero-order valence-electron chi connectivity index (χ0n) is 12.9. The standard InChI is InChI=1S/C15H24N4S/c1-10(2)14-13(16)15(19(5)17-14)18(4)11(3)9-12-7-6-8-20-12/h6-8,10-11H,9,16H2,1-5H3. The maximum Gasteiger partial charge on any atom is 0.150 e. The van der Waals surface area contributed by atoms with E-state index in [0.717, 1.165) is 23.6 Å². The van der Waals surface area contributed by atoms with Crippen LogP contribution in [0.2, 0.25) is 0 Å². The number of rotatable bonds is 5. The van der Waals surface area contributed by atoms with Gasteiger partial charge in [-0.3, -0.25) is 4.68 Å². The Hall–Kier alpha value is -1.49. The van der Waals surface area contributed by atoms with Gasteiger partial charge in [0.05, 0.1) is 11.4 Å². The van der Waals surface area contributed by atoms with Crippen LogP contribution in [-0.4, -0.2) is 22.9 Å². The smallest absolute Gasteiger partial charge is 0.150 e. The largest absolute Gasteiger partial charge is 0.394 e. The van der Waals surface area contributed by atoms with Gasteiger partial charge in [-0.15, -0.1) is 11.3 Å². The number of hydrogen-bond acceptors (Lipinski definition) is 4. The molecule has 0 aliphatic heterocycles. The van der Waals surface area contributed by atoms with Crippen molar-refractivity contribution in [1.82, 2.24) is 9.78 Å². The summed E-state index contributed by atoms with van der Waals surface area (Å²) < 4.78 is 1.90. The third kappa shape index (κ3) is 2.82. The van der Waals surface area contributed by atoms with Gasteiger partial charge in [0, 0.05) is 31.4 Å². The van der Waals surface area contributed by atoms with Crippen molar-refractivity contribution in [3.8, 4) is 0 Å². The number of nitrogen functional groups attached to an aromatic ring is 1. The van der Waals surface area contributed by atoms with Gasteiger partial charge in [0.2, 0.25) is 0 Å². The fourth-order valence-electron chi connectivity index (χ4n) is 2.46. The number of hydrogen-bond donors (Lipinski definition) is 1. The van der Waals surface area contributed by atoms with Gasteiger partial charge in [-0.25, -0.2) is 0 Å². The lowest BCUT2D eigenvalue weighted by Crippen LogP contribution is -2.32. The van der Waals surface area contributed by atoms with E-state index in [-0.39, 0.29) is 0 Å². The summed E-state index contributed by atoms with van der Waals surface area (Å²) in [5.41, 5.74) is 8.09. The van der Waals surface area contributed by atoms with Crippen LogP contribution in [0.25, 0.3) is 0 Å². The van der Waals surface area contributed by atoms with Crippen molar-refractivity contribution in [2.75, 3.05) is 17.7 Å². The summed E-state index contributed by atoms with van der Waals surface area (Å²) in [5, 5.41) is 6.69. The number of nitrogens with zero attached hydrogens (tertiary/aromatic N) is 3. The van der Waals surface area contributed by atoms with E-state index in [4.69, 9.17) is 5.73 Å². The summed E-state index contributed by atoms with van der Waals surface area (Å²) in [4.78, 5) is 3.63. The molecule has 2 N–H and O–H groups in total. The molecule has 0 spiro atoms. The van der Waals surface area contributed by atoms with E-state index in [0.29, 0.717) is 12.0 Å².